The number of ketones is 4. The molecule has 0 aliphatic heterocycles. The van der Waals surface area contributed by atoms with Crippen molar-refractivity contribution >= 4 is 79.8 Å². The quantitative estimate of drug-likeness (QED) is 0.0867. The number of nitrogens with zero attached hydrogens (tertiary/aromatic N) is 2. The van der Waals surface area contributed by atoms with Crippen LogP contribution < -0.4 is 10.6 Å². The molecule has 10 heteroatoms. The van der Waals surface area contributed by atoms with E-state index < -0.39 is 0 Å². The molecule has 68 heavy (non-hydrogen) atoms. The monoisotopic (exact) mass is 882 g/mol. The molecule has 0 fully saturated rings. The molecule has 3 aliphatic carbocycles. The highest BCUT2D eigenvalue weighted by Gasteiger charge is 2.36. The maximum absolute atomic E-state index is 14.4. The zero-order valence-corrected chi connectivity index (χ0v) is 35.7. The highest BCUT2D eigenvalue weighted by Crippen LogP contribution is 2.51. The normalized spacial score (nSPS) is 13.4. The highest BCUT2D eigenvalue weighted by molar-refractivity contribution is 6.33. The maximum atomic E-state index is 14.4. The molecule has 0 amide bonds. The Hall–Kier alpha value is -9.54. The predicted octanol–water partition coefficient (Wildman–Crippen LogP) is 12.8. The van der Waals surface area contributed by atoms with Crippen molar-refractivity contribution in [2.45, 2.75) is 0 Å². The maximum Gasteiger partial charge on any atom is 0.218 e. The number of hydrogen-bond acceptors (Lipinski definition) is 8. The molecule has 4 N–H and O–H groups in total. The zero-order valence-electron chi connectivity index (χ0n) is 35.7. The second-order valence-electron chi connectivity index (χ2n) is 16.7. The fourth-order valence-electron chi connectivity index (χ4n) is 9.68. The molecule has 0 radical (unpaired) electrons. The van der Waals surface area contributed by atoms with Gasteiger partial charge in [0.1, 0.15) is 0 Å². The van der Waals surface area contributed by atoms with Crippen molar-refractivity contribution in [2.75, 3.05) is 10.6 Å². The first-order chi connectivity index (χ1) is 33.2. The van der Waals surface area contributed by atoms with Crippen LogP contribution in [-0.2, 0) is 0 Å². The summed E-state index contributed by atoms with van der Waals surface area (Å²) in [5.41, 5.74) is 9.03. The lowest BCUT2D eigenvalue weighted by Gasteiger charge is -2.23. The summed E-state index contributed by atoms with van der Waals surface area (Å²) in [5.74, 6) is -1.97. The van der Waals surface area contributed by atoms with Gasteiger partial charge in [0.25, 0.3) is 0 Å². The van der Waals surface area contributed by atoms with Crippen molar-refractivity contribution in [3.05, 3.63) is 238 Å². The molecule has 9 aromatic rings. The summed E-state index contributed by atoms with van der Waals surface area (Å²) in [6, 6.07) is 53.7. The second kappa shape index (κ2) is 15.6. The third kappa shape index (κ3) is 6.27. The molecule has 10 nitrogen and oxygen atoms in total. The summed E-state index contributed by atoms with van der Waals surface area (Å²) in [5, 5.41) is 30.9. The van der Waals surface area contributed by atoms with Crippen LogP contribution in [0.4, 0.5) is 34.1 Å². The summed E-state index contributed by atoms with van der Waals surface area (Å²) < 4.78 is 0. The summed E-state index contributed by atoms with van der Waals surface area (Å²) >= 11 is 0. The average molecular weight is 883 g/mol. The van der Waals surface area contributed by atoms with Gasteiger partial charge in [-0.1, -0.05) is 115 Å². The number of aliphatic imine (C=N–C) groups is 2. The lowest BCUT2D eigenvalue weighted by atomic mass is 9.82. The van der Waals surface area contributed by atoms with E-state index in [1.807, 2.05) is 60.7 Å². The minimum atomic E-state index is -0.369. The molecule has 322 valence electrons. The molecule has 0 atom stereocenters. The Morgan fingerprint density at radius 1 is 0.353 bits per heavy atom. The van der Waals surface area contributed by atoms with Crippen LogP contribution in [0.25, 0.3) is 33.0 Å². The van der Waals surface area contributed by atoms with Crippen LogP contribution in [-0.4, -0.2) is 45.1 Å². The summed E-state index contributed by atoms with van der Waals surface area (Å²) in [7, 11) is 0. The number of aliphatic hydroxyl groups excluding tert-OH is 2. The van der Waals surface area contributed by atoms with Gasteiger partial charge in [-0.3, -0.25) is 19.2 Å². The number of hydrogen-bond donors (Lipinski definition) is 4. The van der Waals surface area contributed by atoms with Crippen molar-refractivity contribution < 1.29 is 29.4 Å². The lowest BCUT2D eigenvalue weighted by molar-refractivity contribution is 0.0980. The SMILES string of the molecule is O=C1c2ccccc2C(=O)c2c(Nc3ccc4c(c3)-c3cccc5c(Nc6ccc(N=C(O)c7ccccc7)c7c6C(=O)c6ccccc6C7=O)ccc-4c35)ccc(N=C(O)c3ccccc3)c21. The summed E-state index contributed by atoms with van der Waals surface area (Å²) in [6.07, 6.45) is 0. The van der Waals surface area contributed by atoms with E-state index in [1.54, 1.807) is 121 Å². The van der Waals surface area contributed by atoms with E-state index in [4.69, 9.17) is 0 Å². The van der Waals surface area contributed by atoms with Gasteiger partial charge in [-0.25, -0.2) is 9.98 Å². The van der Waals surface area contributed by atoms with Gasteiger partial charge in [0, 0.05) is 50.1 Å². The Balaban J connectivity index is 0.922. The van der Waals surface area contributed by atoms with Gasteiger partial charge < -0.3 is 20.8 Å². The van der Waals surface area contributed by atoms with Crippen molar-refractivity contribution in [1.82, 2.24) is 0 Å². The molecule has 9 aromatic carbocycles. The molecular weight excluding hydrogens is 849 g/mol. The Morgan fingerprint density at radius 2 is 0.779 bits per heavy atom. The van der Waals surface area contributed by atoms with Gasteiger partial charge in [-0.05, 0) is 94.4 Å². The lowest BCUT2D eigenvalue weighted by Crippen LogP contribution is -2.22. The fourth-order valence-corrected chi connectivity index (χ4v) is 9.68. The van der Waals surface area contributed by atoms with Crippen molar-refractivity contribution in [3.8, 4) is 22.3 Å². The molecule has 0 bridgehead atoms. The number of nitrogens with one attached hydrogen (secondary N) is 2. The van der Waals surface area contributed by atoms with Crippen molar-refractivity contribution in [1.29, 1.82) is 0 Å². The number of benzene rings is 9. The van der Waals surface area contributed by atoms with Gasteiger partial charge in [-0.2, -0.15) is 0 Å². The number of carbonyl (C=O) groups excluding carboxylic acids is 4. The first-order valence-electron chi connectivity index (χ1n) is 21.8. The van der Waals surface area contributed by atoms with Crippen LogP contribution in [0, 0.1) is 0 Å². The van der Waals surface area contributed by atoms with Gasteiger partial charge in [0.05, 0.1) is 45.0 Å². The van der Waals surface area contributed by atoms with Crippen LogP contribution in [0.3, 0.4) is 0 Å². The average Bonchev–Trinajstić information content (AvgIpc) is 3.70. The smallest absolute Gasteiger partial charge is 0.218 e. The van der Waals surface area contributed by atoms with Crippen LogP contribution in [0.5, 0.6) is 0 Å². The van der Waals surface area contributed by atoms with Gasteiger partial charge >= 0.3 is 0 Å². The standard InChI is InChI=1S/C58H34N4O6/c63-53-37-16-7-9-18-39(37)55(65)51-46(61-57(67)31-12-3-1-4-13-31)28-26-44(49(51)53)59-33-22-23-34-36-24-25-43(41-21-11-20-35(48(36)41)42(34)30-33)60-45-27-29-47(62-58(68)32-14-5-2-6-15-32)52-50(45)54(64)38-17-8-10-19-40(38)56(52)66/h1-30,59-60H,(H,61,67)(H,62,68). The highest BCUT2D eigenvalue weighted by atomic mass is 16.3. The second-order valence-corrected chi connectivity index (χ2v) is 16.7. The van der Waals surface area contributed by atoms with Crippen LogP contribution >= 0.6 is 0 Å². The molecule has 0 aromatic heterocycles. The third-order valence-electron chi connectivity index (χ3n) is 12.8. The van der Waals surface area contributed by atoms with Gasteiger partial charge in [0.15, 0.2) is 23.1 Å². The van der Waals surface area contributed by atoms with E-state index in [-0.39, 0.29) is 90.8 Å². The molecule has 0 unspecified atom stereocenters. The Labute approximate surface area is 388 Å². The molecule has 12 rings (SSSR count). The zero-order chi connectivity index (χ0) is 46.2. The fraction of sp³-hybridized carbons (Fsp3) is 0. The molecule has 3 aliphatic rings. The van der Waals surface area contributed by atoms with Crippen LogP contribution in [0.2, 0.25) is 0 Å². The van der Waals surface area contributed by atoms with E-state index in [2.05, 4.69) is 20.6 Å². The molecule has 0 saturated carbocycles. The number of carbonyl (C=O) groups is 4. The first-order valence-corrected chi connectivity index (χ1v) is 21.8. The summed E-state index contributed by atoms with van der Waals surface area (Å²) in [4.78, 5) is 66.1. The molecule has 0 spiro atoms. The summed E-state index contributed by atoms with van der Waals surface area (Å²) in [6.45, 7) is 0. The van der Waals surface area contributed by atoms with E-state index in [9.17, 15) is 29.4 Å². The minimum absolute atomic E-state index is 0.101. The number of aliphatic hydroxyl groups is 2. The van der Waals surface area contributed by atoms with Gasteiger partial charge in [-0.15, -0.1) is 0 Å². The van der Waals surface area contributed by atoms with Crippen molar-refractivity contribution in [2.24, 2.45) is 9.98 Å². The molecule has 0 saturated heterocycles. The predicted molar refractivity (Wildman–Crippen MR) is 265 cm³/mol. The van der Waals surface area contributed by atoms with E-state index in [1.165, 1.54) is 0 Å². The minimum Gasteiger partial charge on any atom is -0.493 e. The number of anilines is 4. The Bertz CT molecular complexity index is 3780. The van der Waals surface area contributed by atoms with Gasteiger partial charge in [0.2, 0.25) is 11.8 Å². The first kappa shape index (κ1) is 40.0. The topological polar surface area (TPSA) is 158 Å². The van der Waals surface area contributed by atoms with Crippen molar-refractivity contribution in [3.63, 3.8) is 0 Å². The van der Waals surface area contributed by atoms with E-state index in [0.717, 1.165) is 33.0 Å². The molecule has 0 heterocycles. The van der Waals surface area contributed by atoms with E-state index in [0.29, 0.717) is 33.9 Å². The Morgan fingerprint density at radius 3 is 1.31 bits per heavy atom. The number of rotatable bonds is 8. The van der Waals surface area contributed by atoms with Crippen LogP contribution in [0.15, 0.2) is 192 Å². The van der Waals surface area contributed by atoms with E-state index >= 15 is 0 Å². The third-order valence-corrected chi connectivity index (χ3v) is 12.8. The largest absolute Gasteiger partial charge is 0.493 e. The Kier molecular flexibility index (Phi) is 9.16. The number of fused-ring (bicyclic) bond motifs is 7. The molecular formula is C58H34N4O6. The van der Waals surface area contributed by atoms with Crippen LogP contribution in [0.1, 0.15) is 74.8 Å².